The summed E-state index contributed by atoms with van der Waals surface area (Å²) < 4.78 is 32.0. The van der Waals surface area contributed by atoms with Crippen LogP contribution in [0.1, 0.15) is 12.7 Å². The van der Waals surface area contributed by atoms with E-state index < -0.39 is 9.84 Å². The number of rotatable bonds is 3. The number of hydrogen-bond acceptors (Lipinski definition) is 7. The molecule has 0 radical (unpaired) electrons. The Labute approximate surface area is 157 Å². The molecule has 9 heteroatoms. The fraction of sp³-hybridized carbons (Fsp3) is 0.333. The Balaban J connectivity index is 1.93. The van der Waals surface area contributed by atoms with Gasteiger partial charge in [0.1, 0.15) is 27.6 Å². The molecule has 3 N–H and O–H groups in total. The Morgan fingerprint density at radius 1 is 1.26 bits per heavy atom. The van der Waals surface area contributed by atoms with Crippen molar-refractivity contribution in [1.29, 1.82) is 0 Å². The molecule has 0 spiro atoms. The molecule has 1 unspecified atom stereocenters. The zero-order valence-electron chi connectivity index (χ0n) is 15.1. The third-order valence-corrected chi connectivity index (χ3v) is 6.43. The first-order chi connectivity index (χ1) is 12.9. The van der Waals surface area contributed by atoms with Crippen molar-refractivity contribution in [1.82, 2.24) is 15.0 Å². The lowest BCUT2D eigenvalue weighted by atomic mass is 10.3. The highest BCUT2D eigenvalue weighted by molar-refractivity contribution is 7.92. The summed E-state index contributed by atoms with van der Waals surface area (Å²) in [5.74, 6) is 1.20. The van der Waals surface area contributed by atoms with Crippen molar-refractivity contribution in [3.05, 3.63) is 36.2 Å². The monoisotopic (exact) mass is 387 g/mol. The number of nitrogens with two attached hydrogens (primary N) is 1. The van der Waals surface area contributed by atoms with Gasteiger partial charge in [-0.15, -0.1) is 0 Å². The minimum atomic E-state index is -3.82. The second-order valence-electron chi connectivity index (χ2n) is 6.63. The molecule has 1 aromatic carbocycles. The topological polar surface area (TPSA) is 114 Å². The van der Waals surface area contributed by atoms with Crippen LogP contribution in [0.4, 0.5) is 11.6 Å². The van der Waals surface area contributed by atoms with E-state index >= 15 is 0 Å². The molecule has 1 fully saturated rings. The molecule has 0 aliphatic carbocycles. The number of hydrogen-bond donors (Lipinski definition) is 2. The number of aromatic nitrogens is 3. The molecule has 1 saturated heterocycles. The average molecular weight is 387 g/mol. The summed E-state index contributed by atoms with van der Waals surface area (Å²) >= 11 is 0. The summed E-state index contributed by atoms with van der Waals surface area (Å²) in [5.41, 5.74) is 6.95. The first-order valence-corrected chi connectivity index (χ1v) is 10.2. The van der Waals surface area contributed by atoms with E-state index in [0.29, 0.717) is 42.4 Å². The molecule has 1 aliphatic heterocycles. The van der Waals surface area contributed by atoms with Gasteiger partial charge in [-0.3, -0.25) is 0 Å². The molecule has 4 rings (SSSR count). The highest BCUT2D eigenvalue weighted by atomic mass is 32.2. The summed E-state index contributed by atoms with van der Waals surface area (Å²) in [6.45, 7) is 5.64. The van der Waals surface area contributed by atoms with E-state index in [2.05, 4.69) is 19.9 Å². The number of aromatic amines is 1. The minimum absolute atomic E-state index is 0.00300. The molecule has 3 heterocycles. The Morgan fingerprint density at radius 2 is 2.00 bits per heavy atom. The lowest BCUT2D eigenvalue weighted by molar-refractivity contribution is 0.0530. The zero-order valence-corrected chi connectivity index (χ0v) is 16.0. The van der Waals surface area contributed by atoms with E-state index in [0.717, 1.165) is 0 Å². The summed E-state index contributed by atoms with van der Waals surface area (Å²) in [6, 6.07) is 8.22. The number of aryl methyl sites for hydroxylation is 1. The standard InChI is InChI=1S/C18H21N5O3S/c1-11-10-23(8-9-26-11)18-15-14(20-12(2)21-18)16(17(19)22-15)27(24,25)13-6-4-3-5-7-13/h3-7,11,22H,8-10,19H2,1-2H3. The number of H-pyrrole nitrogens is 1. The van der Waals surface area contributed by atoms with Crippen LogP contribution in [0.2, 0.25) is 0 Å². The molecular weight excluding hydrogens is 366 g/mol. The van der Waals surface area contributed by atoms with Crippen LogP contribution in [0.15, 0.2) is 40.1 Å². The van der Waals surface area contributed by atoms with E-state index in [4.69, 9.17) is 10.5 Å². The van der Waals surface area contributed by atoms with E-state index in [1.165, 1.54) is 0 Å². The SMILES string of the molecule is Cc1nc(N2CCOC(C)C2)c2[nH]c(N)c(S(=O)(=O)c3ccccc3)c2n1. The molecule has 1 aliphatic rings. The number of ether oxygens (including phenoxy) is 1. The molecule has 8 nitrogen and oxygen atoms in total. The first-order valence-electron chi connectivity index (χ1n) is 8.70. The number of anilines is 2. The fourth-order valence-corrected chi connectivity index (χ4v) is 4.88. The number of nitrogens with zero attached hydrogens (tertiary/aromatic N) is 3. The maximum Gasteiger partial charge on any atom is 0.212 e. The smallest absolute Gasteiger partial charge is 0.212 e. The van der Waals surface area contributed by atoms with Gasteiger partial charge >= 0.3 is 0 Å². The molecule has 3 aromatic rings. The molecular formula is C18H21N5O3S. The third-order valence-electron chi connectivity index (χ3n) is 4.58. The summed E-state index contributed by atoms with van der Waals surface area (Å²) in [5, 5.41) is 0. The number of nitrogens with one attached hydrogen (secondary N) is 1. The lowest BCUT2D eigenvalue weighted by Crippen LogP contribution is -2.41. The minimum Gasteiger partial charge on any atom is -0.384 e. The number of morpholine rings is 1. The van der Waals surface area contributed by atoms with E-state index in [9.17, 15) is 8.42 Å². The number of sulfone groups is 1. The van der Waals surface area contributed by atoms with Crippen molar-refractivity contribution < 1.29 is 13.2 Å². The Bertz CT molecular complexity index is 1100. The number of fused-ring (bicyclic) bond motifs is 1. The van der Waals surface area contributed by atoms with Crippen LogP contribution >= 0.6 is 0 Å². The van der Waals surface area contributed by atoms with Gasteiger partial charge in [0.05, 0.1) is 17.6 Å². The van der Waals surface area contributed by atoms with Gasteiger partial charge in [0.15, 0.2) is 5.82 Å². The van der Waals surface area contributed by atoms with Gasteiger partial charge in [0.2, 0.25) is 9.84 Å². The summed E-state index contributed by atoms with van der Waals surface area (Å²) in [4.78, 5) is 14.2. The predicted molar refractivity (Wildman–Crippen MR) is 103 cm³/mol. The van der Waals surface area contributed by atoms with Crippen LogP contribution in [0.3, 0.4) is 0 Å². The molecule has 142 valence electrons. The van der Waals surface area contributed by atoms with Crippen molar-refractivity contribution in [2.75, 3.05) is 30.3 Å². The van der Waals surface area contributed by atoms with Crippen LogP contribution < -0.4 is 10.6 Å². The van der Waals surface area contributed by atoms with Gasteiger partial charge in [0.25, 0.3) is 0 Å². The van der Waals surface area contributed by atoms with Crippen LogP contribution in [0.25, 0.3) is 11.0 Å². The van der Waals surface area contributed by atoms with Gasteiger partial charge in [0, 0.05) is 13.1 Å². The van der Waals surface area contributed by atoms with Crippen molar-refractivity contribution in [3.63, 3.8) is 0 Å². The third kappa shape index (κ3) is 3.02. The van der Waals surface area contributed by atoms with Crippen LogP contribution in [0, 0.1) is 6.92 Å². The second kappa shape index (κ2) is 6.50. The van der Waals surface area contributed by atoms with Crippen LogP contribution in [-0.2, 0) is 14.6 Å². The van der Waals surface area contributed by atoms with Crippen molar-refractivity contribution in [2.45, 2.75) is 29.7 Å². The largest absolute Gasteiger partial charge is 0.384 e. The maximum absolute atomic E-state index is 13.2. The van der Waals surface area contributed by atoms with Crippen LogP contribution in [0.5, 0.6) is 0 Å². The van der Waals surface area contributed by atoms with Gasteiger partial charge in [-0.05, 0) is 26.0 Å². The number of nitrogen functional groups attached to an aromatic ring is 1. The molecule has 1 atom stereocenters. The molecule has 2 aromatic heterocycles. The van der Waals surface area contributed by atoms with E-state index in [1.807, 2.05) is 6.92 Å². The molecule has 27 heavy (non-hydrogen) atoms. The molecule has 0 saturated carbocycles. The molecule has 0 bridgehead atoms. The van der Waals surface area contributed by atoms with Gasteiger partial charge in [-0.1, -0.05) is 18.2 Å². The predicted octanol–water partition coefficient (Wildman–Crippen LogP) is 1.91. The van der Waals surface area contributed by atoms with E-state index in [-0.39, 0.29) is 21.7 Å². The van der Waals surface area contributed by atoms with Crippen LogP contribution in [-0.4, -0.2) is 49.2 Å². The Kier molecular flexibility index (Phi) is 4.27. The highest BCUT2D eigenvalue weighted by Crippen LogP contribution is 2.36. The van der Waals surface area contributed by atoms with E-state index in [1.54, 1.807) is 37.3 Å². The highest BCUT2D eigenvalue weighted by Gasteiger charge is 2.30. The first kappa shape index (κ1) is 17.7. The Morgan fingerprint density at radius 3 is 2.70 bits per heavy atom. The summed E-state index contributed by atoms with van der Waals surface area (Å²) in [7, 11) is -3.82. The fourth-order valence-electron chi connectivity index (χ4n) is 3.39. The van der Waals surface area contributed by atoms with Crippen molar-refractivity contribution >= 4 is 32.5 Å². The second-order valence-corrected chi connectivity index (χ2v) is 8.52. The quantitative estimate of drug-likeness (QED) is 0.705. The van der Waals surface area contributed by atoms with Crippen molar-refractivity contribution in [3.8, 4) is 0 Å². The Hall–Kier alpha value is -2.65. The average Bonchev–Trinajstić information content (AvgIpc) is 2.98. The summed E-state index contributed by atoms with van der Waals surface area (Å²) in [6.07, 6.45) is 0.0592. The van der Waals surface area contributed by atoms with Crippen molar-refractivity contribution in [2.24, 2.45) is 0 Å². The normalized spacial score (nSPS) is 18.1. The molecule has 0 amide bonds. The lowest BCUT2D eigenvalue weighted by Gasteiger charge is -2.32. The van der Waals surface area contributed by atoms with Gasteiger partial charge in [-0.25, -0.2) is 18.4 Å². The van der Waals surface area contributed by atoms with Gasteiger partial charge < -0.3 is 20.4 Å². The van der Waals surface area contributed by atoms with Gasteiger partial charge in [-0.2, -0.15) is 0 Å². The number of benzene rings is 1. The zero-order chi connectivity index (χ0) is 19.2. The maximum atomic E-state index is 13.2.